The molecule has 1 fully saturated rings. The van der Waals surface area contributed by atoms with Gasteiger partial charge in [-0.05, 0) is 37.8 Å². The summed E-state index contributed by atoms with van der Waals surface area (Å²) in [6, 6.07) is 3.31. The third-order valence-electron chi connectivity index (χ3n) is 3.72. The number of hydrogen-bond acceptors (Lipinski definition) is 4. The quantitative estimate of drug-likeness (QED) is 0.669. The van der Waals surface area contributed by atoms with E-state index in [-0.39, 0.29) is 5.97 Å². The molecule has 1 aliphatic rings. The molecule has 0 aromatic heterocycles. The summed E-state index contributed by atoms with van der Waals surface area (Å²) in [6.45, 7) is 3.01. The second kappa shape index (κ2) is 6.35. The summed E-state index contributed by atoms with van der Waals surface area (Å²) < 4.78 is 5.09. The summed E-state index contributed by atoms with van der Waals surface area (Å²) in [7, 11) is 1.96. The first kappa shape index (κ1) is 15.0. The van der Waals surface area contributed by atoms with E-state index in [1.807, 2.05) is 11.9 Å². The van der Waals surface area contributed by atoms with E-state index in [4.69, 9.17) is 22.1 Å². The molecule has 0 bridgehead atoms. The van der Waals surface area contributed by atoms with Gasteiger partial charge in [-0.3, -0.25) is 0 Å². The molecule has 4 nitrogen and oxygen atoms in total. The summed E-state index contributed by atoms with van der Waals surface area (Å²) in [5, 5.41) is 0.495. The van der Waals surface area contributed by atoms with Gasteiger partial charge in [-0.25, -0.2) is 4.79 Å². The largest absolute Gasteiger partial charge is 0.462 e. The molecule has 1 aliphatic carbocycles. The molecular formula is C15H21ClN2O2. The Balaban J connectivity index is 2.30. The number of rotatable bonds is 5. The highest BCUT2D eigenvalue weighted by atomic mass is 35.5. The monoisotopic (exact) mass is 296 g/mol. The van der Waals surface area contributed by atoms with Gasteiger partial charge in [-0.2, -0.15) is 0 Å². The molecule has 0 amide bonds. The van der Waals surface area contributed by atoms with E-state index in [0.717, 1.165) is 6.54 Å². The van der Waals surface area contributed by atoms with Crippen molar-refractivity contribution in [2.45, 2.75) is 26.2 Å². The number of ether oxygens (including phenoxy) is 1. The lowest BCUT2D eigenvalue weighted by Gasteiger charge is -2.32. The molecule has 1 aromatic carbocycles. The van der Waals surface area contributed by atoms with E-state index >= 15 is 0 Å². The zero-order chi connectivity index (χ0) is 14.7. The molecular weight excluding hydrogens is 276 g/mol. The molecule has 5 heteroatoms. The Labute approximate surface area is 124 Å². The van der Waals surface area contributed by atoms with Gasteiger partial charge >= 0.3 is 5.97 Å². The highest BCUT2D eigenvalue weighted by molar-refractivity contribution is 6.34. The molecule has 0 heterocycles. The normalized spacial score (nSPS) is 14.8. The first-order chi connectivity index (χ1) is 9.52. The van der Waals surface area contributed by atoms with Crippen LogP contribution in [0.5, 0.6) is 0 Å². The minimum absolute atomic E-state index is 0.330. The van der Waals surface area contributed by atoms with Gasteiger partial charge in [-0.15, -0.1) is 0 Å². The SMILES string of the molecule is CCOC(=O)c1cc(N)cc(Cl)c1N(C)CC1CCC1. The number of nitrogen functional groups attached to an aromatic ring is 1. The van der Waals surface area contributed by atoms with Gasteiger partial charge in [0.1, 0.15) is 0 Å². The second-order valence-electron chi connectivity index (χ2n) is 5.30. The van der Waals surface area contributed by atoms with Gasteiger partial charge < -0.3 is 15.4 Å². The van der Waals surface area contributed by atoms with Crippen molar-refractivity contribution in [2.75, 3.05) is 30.8 Å². The van der Waals surface area contributed by atoms with E-state index in [1.165, 1.54) is 19.3 Å². The predicted octanol–water partition coefficient (Wildman–Crippen LogP) is 3.34. The maximum atomic E-state index is 12.1. The van der Waals surface area contributed by atoms with Crippen molar-refractivity contribution in [3.8, 4) is 0 Å². The Morgan fingerprint density at radius 2 is 2.20 bits per heavy atom. The van der Waals surface area contributed by atoms with Gasteiger partial charge in [0.2, 0.25) is 0 Å². The van der Waals surface area contributed by atoms with Crippen molar-refractivity contribution in [2.24, 2.45) is 5.92 Å². The van der Waals surface area contributed by atoms with Crippen LogP contribution in [0.3, 0.4) is 0 Å². The summed E-state index contributed by atoms with van der Waals surface area (Å²) >= 11 is 6.29. The first-order valence-electron chi connectivity index (χ1n) is 7.00. The van der Waals surface area contributed by atoms with Crippen LogP contribution in [0.2, 0.25) is 5.02 Å². The van der Waals surface area contributed by atoms with Crippen molar-refractivity contribution in [1.82, 2.24) is 0 Å². The smallest absolute Gasteiger partial charge is 0.340 e. The van der Waals surface area contributed by atoms with Gasteiger partial charge in [0.25, 0.3) is 0 Å². The number of anilines is 2. The van der Waals surface area contributed by atoms with Gasteiger partial charge in [0, 0.05) is 19.3 Å². The Kier molecular flexibility index (Phi) is 4.76. The highest BCUT2D eigenvalue weighted by Gasteiger charge is 2.24. The molecule has 0 unspecified atom stereocenters. The van der Waals surface area contributed by atoms with Crippen molar-refractivity contribution < 1.29 is 9.53 Å². The number of esters is 1. The van der Waals surface area contributed by atoms with E-state index in [9.17, 15) is 4.79 Å². The van der Waals surface area contributed by atoms with E-state index < -0.39 is 0 Å². The minimum Gasteiger partial charge on any atom is -0.462 e. The van der Waals surface area contributed by atoms with E-state index in [1.54, 1.807) is 19.1 Å². The van der Waals surface area contributed by atoms with Crippen LogP contribution in [0, 0.1) is 5.92 Å². The van der Waals surface area contributed by atoms with Gasteiger partial charge in [0.15, 0.2) is 0 Å². The fraction of sp³-hybridized carbons (Fsp3) is 0.533. The van der Waals surface area contributed by atoms with Crippen LogP contribution >= 0.6 is 11.6 Å². The van der Waals surface area contributed by atoms with E-state index in [0.29, 0.717) is 34.5 Å². The number of nitrogens with two attached hydrogens (primary N) is 1. The second-order valence-corrected chi connectivity index (χ2v) is 5.70. The molecule has 1 aromatic rings. The topological polar surface area (TPSA) is 55.6 Å². The number of hydrogen-bond donors (Lipinski definition) is 1. The molecule has 2 rings (SSSR count). The first-order valence-corrected chi connectivity index (χ1v) is 7.38. The van der Waals surface area contributed by atoms with Crippen LogP contribution in [-0.2, 0) is 4.74 Å². The number of carbonyl (C=O) groups excluding carboxylic acids is 1. The number of nitrogens with zero attached hydrogens (tertiary/aromatic N) is 1. The zero-order valence-electron chi connectivity index (χ0n) is 12.0. The Morgan fingerprint density at radius 1 is 1.50 bits per heavy atom. The van der Waals surface area contributed by atoms with Crippen LogP contribution in [0.1, 0.15) is 36.5 Å². The molecule has 110 valence electrons. The average molecular weight is 297 g/mol. The summed E-state index contributed by atoms with van der Waals surface area (Å²) in [4.78, 5) is 14.1. The molecule has 1 saturated carbocycles. The standard InChI is InChI=1S/C15H21ClN2O2/c1-3-20-15(19)12-7-11(17)8-13(16)14(12)18(2)9-10-5-4-6-10/h7-8,10H,3-6,9,17H2,1-2H3. The van der Waals surface area contributed by atoms with Crippen molar-refractivity contribution >= 4 is 28.9 Å². The maximum Gasteiger partial charge on any atom is 0.340 e. The summed E-state index contributed by atoms with van der Waals surface area (Å²) in [6.07, 6.45) is 3.77. The van der Waals surface area contributed by atoms with Gasteiger partial charge in [0.05, 0.1) is 22.9 Å². The lowest BCUT2D eigenvalue weighted by molar-refractivity contribution is 0.0527. The number of carbonyl (C=O) groups is 1. The zero-order valence-corrected chi connectivity index (χ0v) is 12.7. The van der Waals surface area contributed by atoms with Crippen LogP contribution in [0.25, 0.3) is 0 Å². The Bertz CT molecular complexity index is 501. The van der Waals surface area contributed by atoms with Crippen molar-refractivity contribution in [1.29, 1.82) is 0 Å². The lowest BCUT2D eigenvalue weighted by Crippen LogP contribution is -2.30. The van der Waals surface area contributed by atoms with Crippen molar-refractivity contribution in [3.05, 3.63) is 22.7 Å². The lowest BCUT2D eigenvalue weighted by atomic mass is 9.85. The summed E-state index contributed by atoms with van der Waals surface area (Å²) in [5.74, 6) is 0.306. The Morgan fingerprint density at radius 3 is 2.75 bits per heavy atom. The fourth-order valence-corrected chi connectivity index (χ4v) is 2.90. The van der Waals surface area contributed by atoms with E-state index in [2.05, 4.69) is 0 Å². The molecule has 0 atom stereocenters. The van der Waals surface area contributed by atoms with Crippen LogP contribution in [-0.4, -0.2) is 26.2 Å². The fourth-order valence-electron chi connectivity index (χ4n) is 2.53. The third kappa shape index (κ3) is 3.18. The van der Waals surface area contributed by atoms with Crippen LogP contribution in [0.4, 0.5) is 11.4 Å². The minimum atomic E-state index is -0.378. The van der Waals surface area contributed by atoms with Crippen molar-refractivity contribution in [3.63, 3.8) is 0 Å². The maximum absolute atomic E-state index is 12.1. The highest BCUT2D eigenvalue weighted by Crippen LogP contribution is 2.35. The summed E-state index contributed by atoms with van der Waals surface area (Å²) in [5.41, 5.74) is 7.42. The number of benzene rings is 1. The molecule has 0 aliphatic heterocycles. The third-order valence-corrected chi connectivity index (χ3v) is 4.01. The van der Waals surface area contributed by atoms with Crippen LogP contribution < -0.4 is 10.6 Å². The molecule has 20 heavy (non-hydrogen) atoms. The Hall–Kier alpha value is -1.42. The average Bonchev–Trinajstić information content (AvgIpc) is 2.33. The number of halogens is 1. The van der Waals surface area contributed by atoms with Crippen LogP contribution in [0.15, 0.2) is 12.1 Å². The molecule has 0 radical (unpaired) electrons. The molecule has 0 saturated heterocycles. The molecule has 0 spiro atoms. The predicted molar refractivity (Wildman–Crippen MR) is 82.4 cm³/mol. The molecule has 2 N–H and O–H groups in total. The van der Waals surface area contributed by atoms with Gasteiger partial charge in [-0.1, -0.05) is 18.0 Å².